The summed E-state index contributed by atoms with van der Waals surface area (Å²) < 4.78 is 18.8. The fourth-order valence-electron chi connectivity index (χ4n) is 2.48. The largest absolute Gasteiger partial charge is 0.455 e. The minimum Gasteiger partial charge on any atom is -0.455 e. The molecule has 1 aromatic rings. The van der Waals surface area contributed by atoms with Crippen molar-refractivity contribution < 1.29 is 23.5 Å². The zero-order chi connectivity index (χ0) is 17.9. The van der Waals surface area contributed by atoms with E-state index in [-0.39, 0.29) is 24.6 Å². The Kier molecular flexibility index (Phi) is 5.21. The number of benzene rings is 1. The van der Waals surface area contributed by atoms with Crippen LogP contribution in [0.3, 0.4) is 0 Å². The Labute approximate surface area is 140 Å². The zero-order valence-corrected chi connectivity index (χ0v) is 14.0. The van der Waals surface area contributed by atoms with Gasteiger partial charge in [-0.3, -0.25) is 14.4 Å². The minimum atomic E-state index is -0.709. The average Bonchev–Trinajstić information content (AvgIpc) is 2.85. The highest BCUT2D eigenvalue weighted by atomic mass is 19.1. The maximum absolute atomic E-state index is 13.8. The summed E-state index contributed by atoms with van der Waals surface area (Å²) in [6, 6.07) is 5.88. The SMILES string of the molecule is CC(C)(C)NC(=O)COC(=O)[C@H]1CC(=O)N(c2ccccc2F)C1. The molecule has 0 saturated carbocycles. The normalized spacial score (nSPS) is 17.8. The molecule has 1 atom stereocenters. The van der Waals surface area contributed by atoms with Crippen molar-refractivity contribution in [3.05, 3.63) is 30.1 Å². The Balaban J connectivity index is 1.92. The van der Waals surface area contributed by atoms with Gasteiger partial charge in [-0.15, -0.1) is 0 Å². The Morgan fingerprint density at radius 1 is 1.33 bits per heavy atom. The minimum absolute atomic E-state index is 0.0412. The molecule has 1 aromatic carbocycles. The van der Waals surface area contributed by atoms with Crippen molar-refractivity contribution in [3.8, 4) is 0 Å². The number of anilines is 1. The third kappa shape index (κ3) is 4.53. The van der Waals surface area contributed by atoms with Crippen LogP contribution in [0.5, 0.6) is 0 Å². The summed E-state index contributed by atoms with van der Waals surface area (Å²) in [4.78, 5) is 37.0. The number of hydrogen-bond acceptors (Lipinski definition) is 4. The van der Waals surface area contributed by atoms with Gasteiger partial charge in [-0.2, -0.15) is 0 Å². The van der Waals surface area contributed by atoms with Crippen LogP contribution >= 0.6 is 0 Å². The number of ether oxygens (including phenoxy) is 1. The third-order valence-corrected chi connectivity index (χ3v) is 3.46. The molecule has 7 heteroatoms. The van der Waals surface area contributed by atoms with E-state index in [4.69, 9.17) is 4.74 Å². The number of para-hydroxylation sites is 1. The number of esters is 1. The predicted octanol–water partition coefficient (Wildman–Crippen LogP) is 1.64. The number of amides is 2. The van der Waals surface area contributed by atoms with Crippen molar-refractivity contribution in [1.29, 1.82) is 0 Å². The second kappa shape index (κ2) is 6.98. The van der Waals surface area contributed by atoms with Crippen LogP contribution in [0.2, 0.25) is 0 Å². The second-order valence-electron chi connectivity index (χ2n) is 6.76. The second-order valence-corrected chi connectivity index (χ2v) is 6.76. The average molecular weight is 336 g/mol. The van der Waals surface area contributed by atoms with Crippen LogP contribution in [0.4, 0.5) is 10.1 Å². The molecule has 0 spiro atoms. The van der Waals surface area contributed by atoms with E-state index in [2.05, 4.69) is 5.32 Å². The number of nitrogens with one attached hydrogen (secondary N) is 1. The third-order valence-electron chi connectivity index (χ3n) is 3.46. The maximum atomic E-state index is 13.8. The summed E-state index contributed by atoms with van der Waals surface area (Å²) >= 11 is 0. The summed E-state index contributed by atoms with van der Waals surface area (Å²) in [6.45, 7) is 5.08. The first-order valence-corrected chi connectivity index (χ1v) is 7.70. The van der Waals surface area contributed by atoms with Crippen LogP contribution < -0.4 is 10.2 Å². The van der Waals surface area contributed by atoms with Crippen molar-refractivity contribution in [1.82, 2.24) is 5.32 Å². The highest BCUT2D eigenvalue weighted by Gasteiger charge is 2.37. The number of carbonyl (C=O) groups is 3. The Hall–Kier alpha value is -2.44. The molecule has 2 rings (SSSR count). The van der Waals surface area contributed by atoms with Crippen LogP contribution in [0.15, 0.2) is 24.3 Å². The van der Waals surface area contributed by atoms with Gasteiger partial charge in [0, 0.05) is 18.5 Å². The number of halogens is 1. The molecule has 0 radical (unpaired) electrons. The van der Waals surface area contributed by atoms with Gasteiger partial charge in [-0.05, 0) is 32.9 Å². The topological polar surface area (TPSA) is 75.7 Å². The summed E-state index contributed by atoms with van der Waals surface area (Å²) in [5.74, 6) is -2.62. The van der Waals surface area contributed by atoms with Gasteiger partial charge in [0.2, 0.25) is 5.91 Å². The van der Waals surface area contributed by atoms with Crippen LogP contribution in [0.1, 0.15) is 27.2 Å². The fraction of sp³-hybridized carbons (Fsp3) is 0.471. The predicted molar refractivity (Wildman–Crippen MR) is 85.7 cm³/mol. The van der Waals surface area contributed by atoms with E-state index in [1.54, 1.807) is 6.07 Å². The van der Waals surface area contributed by atoms with Gasteiger partial charge in [-0.25, -0.2) is 4.39 Å². The van der Waals surface area contributed by atoms with E-state index in [0.29, 0.717) is 0 Å². The molecular weight excluding hydrogens is 315 g/mol. The van der Waals surface area contributed by atoms with Crippen molar-refractivity contribution in [2.45, 2.75) is 32.7 Å². The molecule has 1 N–H and O–H groups in total. The Morgan fingerprint density at radius 3 is 2.62 bits per heavy atom. The monoisotopic (exact) mass is 336 g/mol. The Morgan fingerprint density at radius 2 is 2.00 bits per heavy atom. The molecule has 0 aliphatic carbocycles. The van der Waals surface area contributed by atoms with Gasteiger partial charge >= 0.3 is 5.97 Å². The zero-order valence-electron chi connectivity index (χ0n) is 14.0. The molecular formula is C17H21FN2O4. The summed E-state index contributed by atoms with van der Waals surface area (Å²) in [6.07, 6.45) is -0.0615. The molecule has 1 aliphatic rings. The number of nitrogens with zero attached hydrogens (tertiary/aromatic N) is 1. The molecule has 1 saturated heterocycles. The first kappa shape index (κ1) is 17.9. The van der Waals surface area contributed by atoms with Gasteiger partial charge in [0.05, 0.1) is 11.6 Å². The molecule has 1 fully saturated rings. The Bertz CT molecular complexity index is 654. The van der Waals surface area contributed by atoms with E-state index in [1.165, 1.54) is 23.1 Å². The lowest BCUT2D eigenvalue weighted by Gasteiger charge is -2.20. The van der Waals surface area contributed by atoms with E-state index in [0.717, 1.165) is 0 Å². The van der Waals surface area contributed by atoms with Crippen molar-refractivity contribution in [2.75, 3.05) is 18.1 Å². The van der Waals surface area contributed by atoms with Gasteiger partial charge in [0.15, 0.2) is 6.61 Å². The highest BCUT2D eigenvalue weighted by Crippen LogP contribution is 2.27. The molecule has 1 heterocycles. The van der Waals surface area contributed by atoms with E-state index in [1.807, 2.05) is 20.8 Å². The molecule has 0 unspecified atom stereocenters. The van der Waals surface area contributed by atoms with E-state index < -0.39 is 35.8 Å². The summed E-state index contributed by atoms with van der Waals surface area (Å²) in [5.41, 5.74) is -0.280. The van der Waals surface area contributed by atoms with Crippen molar-refractivity contribution in [2.24, 2.45) is 5.92 Å². The lowest BCUT2D eigenvalue weighted by Crippen LogP contribution is -2.43. The molecule has 2 amide bonds. The number of rotatable bonds is 4. The van der Waals surface area contributed by atoms with Crippen LogP contribution in [-0.4, -0.2) is 36.5 Å². The van der Waals surface area contributed by atoms with Gasteiger partial charge in [-0.1, -0.05) is 12.1 Å². The van der Waals surface area contributed by atoms with Gasteiger partial charge in [0.25, 0.3) is 5.91 Å². The van der Waals surface area contributed by atoms with Crippen LogP contribution in [0.25, 0.3) is 0 Å². The molecule has 130 valence electrons. The highest BCUT2D eigenvalue weighted by molar-refractivity contribution is 5.99. The van der Waals surface area contributed by atoms with Crippen molar-refractivity contribution >= 4 is 23.5 Å². The number of carbonyl (C=O) groups excluding carboxylic acids is 3. The van der Waals surface area contributed by atoms with Crippen LogP contribution in [0, 0.1) is 11.7 Å². The fourth-order valence-corrected chi connectivity index (χ4v) is 2.48. The van der Waals surface area contributed by atoms with E-state index in [9.17, 15) is 18.8 Å². The smallest absolute Gasteiger partial charge is 0.311 e. The van der Waals surface area contributed by atoms with Gasteiger partial charge < -0.3 is 15.0 Å². The lowest BCUT2D eigenvalue weighted by molar-refractivity contribution is -0.152. The van der Waals surface area contributed by atoms with E-state index >= 15 is 0 Å². The molecule has 6 nitrogen and oxygen atoms in total. The quantitative estimate of drug-likeness (QED) is 0.848. The molecule has 0 aromatic heterocycles. The maximum Gasteiger partial charge on any atom is 0.311 e. The first-order chi connectivity index (χ1) is 11.2. The molecule has 0 bridgehead atoms. The summed E-state index contributed by atoms with van der Waals surface area (Å²) in [7, 11) is 0. The number of hydrogen-bond donors (Lipinski definition) is 1. The molecule has 24 heavy (non-hydrogen) atoms. The molecule has 1 aliphatic heterocycles. The standard InChI is InChI=1S/C17H21FN2O4/c1-17(2,3)19-14(21)10-24-16(23)11-8-15(22)20(9-11)13-7-5-4-6-12(13)18/h4-7,11H,8-10H2,1-3H3,(H,19,21)/t11-/m0/s1. The van der Waals surface area contributed by atoms with Crippen molar-refractivity contribution in [3.63, 3.8) is 0 Å². The summed E-state index contributed by atoms with van der Waals surface area (Å²) in [5, 5.41) is 2.67. The lowest BCUT2D eigenvalue weighted by atomic mass is 10.1. The van der Waals surface area contributed by atoms with Gasteiger partial charge in [0.1, 0.15) is 5.82 Å². The first-order valence-electron chi connectivity index (χ1n) is 7.70. The van der Waals surface area contributed by atoms with Crippen LogP contribution in [-0.2, 0) is 19.1 Å².